The van der Waals surface area contributed by atoms with Crippen molar-refractivity contribution < 1.29 is 13.2 Å². The Bertz CT molecular complexity index is 548. The normalized spacial score (nSPS) is 17.8. The summed E-state index contributed by atoms with van der Waals surface area (Å²) in [5.41, 5.74) is 1.15. The van der Waals surface area contributed by atoms with E-state index in [0.29, 0.717) is 49.1 Å². The lowest BCUT2D eigenvalue weighted by Crippen LogP contribution is -2.34. The van der Waals surface area contributed by atoms with Gasteiger partial charge in [-0.05, 0) is 26.3 Å². The number of hydrogen-bond donors (Lipinski definition) is 2. The van der Waals surface area contributed by atoms with Crippen LogP contribution >= 0.6 is 0 Å². The fourth-order valence-electron chi connectivity index (χ4n) is 2.41. The van der Waals surface area contributed by atoms with E-state index in [1.54, 1.807) is 6.92 Å². The maximum absolute atomic E-state index is 12.9. The highest BCUT2D eigenvalue weighted by Crippen LogP contribution is 2.23. The van der Waals surface area contributed by atoms with E-state index in [1.165, 1.54) is 4.31 Å². The number of sulfonamides is 1. The molecule has 1 aromatic rings. The van der Waals surface area contributed by atoms with E-state index in [2.05, 4.69) is 22.4 Å². The maximum Gasteiger partial charge on any atom is 0.246 e. The van der Waals surface area contributed by atoms with Crippen LogP contribution in [0.4, 0.5) is 0 Å². The molecule has 0 radical (unpaired) electrons. The predicted molar refractivity (Wildman–Crippen MR) is 79.5 cm³/mol. The second-order valence-corrected chi connectivity index (χ2v) is 7.05. The van der Waals surface area contributed by atoms with Gasteiger partial charge in [0.1, 0.15) is 4.90 Å². The summed E-state index contributed by atoms with van der Waals surface area (Å²) in [6.07, 6.45) is 1.72. The Morgan fingerprint density at radius 1 is 1.38 bits per heavy atom. The number of aryl methyl sites for hydroxylation is 1. The molecule has 2 rings (SSSR count). The van der Waals surface area contributed by atoms with Crippen molar-refractivity contribution >= 4 is 10.0 Å². The SMILES string of the molecule is CCCNCc1n[nH]c(C)c1S(=O)(=O)N1CCCOCC1. The summed E-state index contributed by atoms with van der Waals surface area (Å²) < 4.78 is 32.6. The van der Waals surface area contributed by atoms with Crippen molar-refractivity contribution in [2.45, 2.75) is 38.1 Å². The number of hydrogen-bond acceptors (Lipinski definition) is 5. The van der Waals surface area contributed by atoms with Crippen molar-refractivity contribution in [3.8, 4) is 0 Å². The monoisotopic (exact) mass is 316 g/mol. The number of aromatic nitrogens is 2. The van der Waals surface area contributed by atoms with E-state index in [4.69, 9.17) is 4.74 Å². The molecular formula is C13H24N4O3S. The summed E-state index contributed by atoms with van der Waals surface area (Å²) in [5.74, 6) is 0. The number of aromatic amines is 1. The minimum atomic E-state index is -3.52. The van der Waals surface area contributed by atoms with Crippen LogP contribution in [0.5, 0.6) is 0 Å². The van der Waals surface area contributed by atoms with Gasteiger partial charge >= 0.3 is 0 Å². The van der Waals surface area contributed by atoms with Crippen molar-refractivity contribution in [2.24, 2.45) is 0 Å². The molecule has 120 valence electrons. The second-order valence-electron chi connectivity index (χ2n) is 5.17. The first-order valence-electron chi connectivity index (χ1n) is 7.39. The van der Waals surface area contributed by atoms with Crippen LogP contribution in [0, 0.1) is 6.92 Å². The Morgan fingerprint density at radius 2 is 2.19 bits per heavy atom. The van der Waals surface area contributed by atoms with Gasteiger partial charge in [-0.25, -0.2) is 8.42 Å². The van der Waals surface area contributed by atoms with Gasteiger partial charge in [-0.3, -0.25) is 5.10 Å². The lowest BCUT2D eigenvalue weighted by atomic mass is 10.3. The van der Waals surface area contributed by atoms with Gasteiger partial charge < -0.3 is 10.1 Å². The molecule has 0 saturated carbocycles. The Balaban J connectivity index is 2.23. The van der Waals surface area contributed by atoms with Crippen LogP contribution in [0.15, 0.2) is 4.90 Å². The quantitative estimate of drug-likeness (QED) is 0.752. The molecule has 0 amide bonds. The zero-order chi connectivity index (χ0) is 15.3. The van der Waals surface area contributed by atoms with Gasteiger partial charge in [-0.15, -0.1) is 0 Å². The first-order chi connectivity index (χ1) is 10.1. The van der Waals surface area contributed by atoms with Gasteiger partial charge in [-0.1, -0.05) is 6.92 Å². The maximum atomic E-state index is 12.9. The molecule has 0 bridgehead atoms. The predicted octanol–water partition coefficient (Wildman–Crippen LogP) is 0.629. The second kappa shape index (κ2) is 7.35. The zero-order valence-corrected chi connectivity index (χ0v) is 13.5. The molecule has 0 aromatic carbocycles. The number of nitrogens with zero attached hydrogens (tertiary/aromatic N) is 2. The van der Waals surface area contributed by atoms with Crippen molar-refractivity contribution in [2.75, 3.05) is 32.8 Å². The lowest BCUT2D eigenvalue weighted by molar-refractivity contribution is 0.148. The third-order valence-electron chi connectivity index (χ3n) is 3.46. The van der Waals surface area contributed by atoms with E-state index < -0.39 is 10.0 Å². The van der Waals surface area contributed by atoms with E-state index in [0.717, 1.165) is 19.4 Å². The lowest BCUT2D eigenvalue weighted by Gasteiger charge is -2.19. The topological polar surface area (TPSA) is 87.3 Å². The van der Waals surface area contributed by atoms with Gasteiger partial charge in [0.2, 0.25) is 10.0 Å². The Kier molecular flexibility index (Phi) is 5.74. The Labute approximate surface area is 126 Å². The van der Waals surface area contributed by atoms with Crippen LogP contribution in [-0.4, -0.2) is 55.8 Å². The average molecular weight is 316 g/mol. The summed E-state index contributed by atoms with van der Waals surface area (Å²) in [6.45, 7) is 7.06. The number of rotatable bonds is 6. The van der Waals surface area contributed by atoms with Crippen LogP contribution in [0.1, 0.15) is 31.2 Å². The van der Waals surface area contributed by atoms with Crippen molar-refractivity contribution in [3.05, 3.63) is 11.4 Å². The van der Waals surface area contributed by atoms with Gasteiger partial charge in [0, 0.05) is 26.2 Å². The molecule has 21 heavy (non-hydrogen) atoms. The molecule has 0 spiro atoms. The fraction of sp³-hybridized carbons (Fsp3) is 0.769. The minimum absolute atomic E-state index is 0.313. The summed E-state index contributed by atoms with van der Waals surface area (Å²) in [5, 5.41) is 10.1. The van der Waals surface area contributed by atoms with Crippen molar-refractivity contribution in [1.82, 2.24) is 19.8 Å². The number of ether oxygens (including phenoxy) is 1. The fourth-order valence-corrected chi connectivity index (χ4v) is 4.20. The molecule has 0 unspecified atom stereocenters. The largest absolute Gasteiger partial charge is 0.380 e. The number of H-pyrrole nitrogens is 1. The molecule has 0 atom stereocenters. The molecule has 8 heteroatoms. The van der Waals surface area contributed by atoms with Crippen LogP contribution in [0.25, 0.3) is 0 Å². The zero-order valence-electron chi connectivity index (χ0n) is 12.7. The third-order valence-corrected chi connectivity index (χ3v) is 5.56. The Hall–Kier alpha value is -0.960. The minimum Gasteiger partial charge on any atom is -0.380 e. The van der Waals surface area contributed by atoms with Crippen LogP contribution in [-0.2, 0) is 21.3 Å². The molecule has 1 aromatic heterocycles. The first kappa shape index (κ1) is 16.4. The highest BCUT2D eigenvalue weighted by molar-refractivity contribution is 7.89. The van der Waals surface area contributed by atoms with E-state index in [-0.39, 0.29) is 0 Å². The average Bonchev–Trinajstić information content (AvgIpc) is 2.68. The standard InChI is InChI=1S/C13H24N4O3S/c1-3-5-14-10-12-13(11(2)15-16-12)21(18,19)17-6-4-8-20-9-7-17/h14H,3-10H2,1-2H3,(H,15,16). The van der Waals surface area contributed by atoms with Crippen LogP contribution in [0.2, 0.25) is 0 Å². The first-order valence-corrected chi connectivity index (χ1v) is 8.83. The van der Waals surface area contributed by atoms with Crippen molar-refractivity contribution in [1.29, 1.82) is 0 Å². The molecule has 1 fully saturated rings. The smallest absolute Gasteiger partial charge is 0.246 e. The van der Waals surface area contributed by atoms with E-state index in [1.807, 2.05) is 0 Å². The molecule has 1 aliphatic rings. The molecule has 2 heterocycles. The van der Waals surface area contributed by atoms with E-state index in [9.17, 15) is 8.42 Å². The molecule has 7 nitrogen and oxygen atoms in total. The van der Waals surface area contributed by atoms with Crippen LogP contribution < -0.4 is 5.32 Å². The highest BCUT2D eigenvalue weighted by Gasteiger charge is 2.31. The van der Waals surface area contributed by atoms with E-state index >= 15 is 0 Å². The van der Waals surface area contributed by atoms with Gasteiger partial charge in [0.15, 0.2) is 0 Å². The van der Waals surface area contributed by atoms with Gasteiger partial charge in [-0.2, -0.15) is 9.40 Å². The molecule has 2 N–H and O–H groups in total. The summed E-state index contributed by atoms with van der Waals surface area (Å²) in [4.78, 5) is 0.313. The van der Waals surface area contributed by atoms with Gasteiger partial charge in [0.05, 0.1) is 18.0 Å². The molecule has 1 aliphatic heterocycles. The molecule has 1 saturated heterocycles. The molecule has 0 aliphatic carbocycles. The summed E-state index contributed by atoms with van der Waals surface area (Å²) in [7, 11) is -3.52. The highest BCUT2D eigenvalue weighted by atomic mass is 32.2. The third kappa shape index (κ3) is 3.82. The van der Waals surface area contributed by atoms with Crippen LogP contribution in [0.3, 0.4) is 0 Å². The molecular weight excluding hydrogens is 292 g/mol. The summed E-state index contributed by atoms with van der Waals surface area (Å²) in [6, 6.07) is 0. The Morgan fingerprint density at radius 3 is 2.95 bits per heavy atom. The van der Waals surface area contributed by atoms with Crippen molar-refractivity contribution in [3.63, 3.8) is 0 Å². The number of nitrogens with one attached hydrogen (secondary N) is 2. The summed E-state index contributed by atoms with van der Waals surface area (Å²) >= 11 is 0. The van der Waals surface area contributed by atoms with Gasteiger partial charge in [0.25, 0.3) is 0 Å².